The molecule has 2 unspecified atom stereocenters. The van der Waals surface area contributed by atoms with Crippen LogP contribution < -0.4 is 15.4 Å². The molecule has 0 radical (unpaired) electrons. The van der Waals surface area contributed by atoms with E-state index < -0.39 is 18.2 Å². The van der Waals surface area contributed by atoms with Gasteiger partial charge in [-0.05, 0) is 32.6 Å². The SMILES string of the molecule is CN(C)CCN=C1NC2C(C(=O)NC(=O)N2C)N1CCCOc1ccccc1. The highest BCUT2D eigenvalue weighted by Crippen LogP contribution is 2.21. The van der Waals surface area contributed by atoms with Crippen LogP contribution >= 0.6 is 0 Å². The second-order valence-electron chi connectivity index (χ2n) is 7.16. The van der Waals surface area contributed by atoms with E-state index in [1.54, 1.807) is 7.05 Å². The van der Waals surface area contributed by atoms with Crippen molar-refractivity contribution in [1.82, 2.24) is 25.3 Å². The summed E-state index contributed by atoms with van der Waals surface area (Å²) in [6, 6.07) is 8.72. The largest absolute Gasteiger partial charge is 0.494 e. The van der Waals surface area contributed by atoms with E-state index in [1.807, 2.05) is 54.2 Å². The Morgan fingerprint density at radius 3 is 2.68 bits per heavy atom. The number of para-hydroxylation sites is 1. The molecule has 0 bridgehead atoms. The first-order chi connectivity index (χ1) is 13.5. The number of aliphatic imine (C=N–C) groups is 1. The first kappa shape index (κ1) is 19.9. The van der Waals surface area contributed by atoms with Crippen molar-refractivity contribution in [3.8, 4) is 5.75 Å². The van der Waals surface area contributed by atoms with Crippen molar-refractivity contribution in [2.75, 3.05) is 47.4 Å². The van der Waals surface area contributed by atoms with Crippen LogP contribution in [0.5, 0.6) is 5.75 Å². The second-order valence-corrected chi connectivity index (χ2v) is 7.16. The number of fused-ring (bicyclic) bond motifs is 1. The minimum absolute atomic E-state index is 0.303. The smallest absolute Gasteiger partial charge is 0.325 e. The number of rotatable bonds is 8. The molecule has 9 heteroatoms. The minimum atomic E-state index is -0.502. The summed E-state index contributed by atoms with van der Waals surface area (Å²) >= 11 is 0. The fourth-order valence-corrected chi connectivity index (χ4v) is 3.26. The summed E-state index contributed by atoms with van der Waals surface area (Å²) in [5.41, 5.74) is 0. The lowest BCUT2D eigenvalue weighted by Gasteiger charge is -2.35. The zero-order valence-electron chi connectivity index (χ0n) is 16.6. The summed E-state index contributed by atoms with van der Waals surface area (Å²) in [5, 5.41) is 5.66. The summed E-state index contributed by atoms with van der Waals surface area (Å²) in [6.07, 6.45) is 0.298. The lowest BCUT2D eigenvalue weighted by atomic mass is 10.1. The molecule has 3 amide bonds. The molecule has 0 aromatic heterocycles. The van der Waals surface area contributed by atoms with Crippen LogP contribution in [0.1, 0.15) is 6.42 Å². The highest BCUT2D eigenvalue weighted by molar-refractivity contribution is 6.04. The molecule has 152 valence electrons. The quantitative estimate of drug-likeness (QED) is 0.617. The van der Waals surface area contributed by atoms with Crippen molar-refractivity contribution < 1.29 is 14.3 Å². The van der Waals surface area contributed by atoms with E-state index in [0.717, 1.165) is 18.7 Å². The van der Waals surface area contributed by atoms with E-state index in [4.69, 9.17) is 4.74 Å². The van der Waals surface area contributed by atoms with Crippen LogP contribution in [0.4, 0.5) is 4.79 Å². The summed E-state index contributed by atoms with van der Waals surface area (Å²) in [4.78, 5) is 34.6. The van der Waals surface area contributed by atoms with Crippen LogP contribution in [-0.2, 0) is 4.79 Å². The topological polar surface area (TPSA) is 89.5 Å². The van der Waals surface area contributed by atoms with Crippen LogP contribution in [0.25, 0.3) is 0 Å². The van der Waals surface area contributed by atoms with Gasteiger partial charge in [0.15, 0.2) is 12.0 Å². The number of likely N-dealkylation sites (N-methyl/N-ethyl adjacent to an activating group) is 2. The summed E-state index contributed by atoms with van der Waals surface area (Å²) in [7, 11) is 5.65. The molecule has 1 aromatic carbocycles. The van der Waals surface area contributed by atoms with Gasteiger partial charge in [-0.15, -0.1) is 0 Å². The molecule has 3 rings (SSSR count). The lowest BCUT2D eigenvalue weighted by Crippen LogP contribution is -2.64. The highest BCUT2D eigenvalue weighted by Gasteiger charge is 2.49. The minimum Gasteiger partial charge on any atom is -0.494 e. The number of hydrogen-bond acceptors (Lipinski definition) is 5. The number of imide groups is 1. The van der Waals surface area contributed by atoms with Gasteiger partial charge in [-0.25, -0.2) is 4.79 Å². The Balaban J connectivity index is 1.66. The maximum absolute atomic E-state index is 12.5. The van der Waals surface area contributed by atoms with Gasteiger partial charge < -0.3 is 24.8 Å². The van der Waals surface area contributed by atoms with Gasteiger partial charge in [-0.3, -0.25) is 15.1 Å². The average Bonchev–Trinajstić information content (AvgIpc) is 3.03. The van der Waals surface area contributed by atoms with Crippen LogP contribution in [0.15, 0.2) is 35.3 Å². The Hall–Kier alpha value is -2.81. The van der Waals surface area contributed by atoms with Crippen LogP contribution in [0.3, 0.4) is 0 Å². The van der Waals surface area contributed by atoms with Crippen LogP contribution in [0.2, 0.25) is 0 Å². The normalized spacial score (nSPS) is 23.1. The van der Waals surface area contributed by atoms with Crippen molar-refractivity contribution in [2.45, 2.75) is 18.6 Å². The van der Waals surface area contributed by atoms with Crippen LogP contribution in [-0.4, -0.2) is 92.2 Å². The molecule has 2 heterocycles. The van der Waals surface area contributed by atoms with E-state index in [-0.39, 0.29) is 5.91 Å². The number of ether oxygens (including phenoxy) is 1. The molecule has 2 atom stereocenters. The number of amides is 3. The molecule has 0 spiro atoms. The van der Waals surface area contributed by atoms with Crippen molar-refractivity contribution in [3.05, 3.63) is 30.3 Å². The fraction of sp³-hybridized carbons (Fsp3) is 0.526. The van der Waals surface area contributed by atoms with Gasteiger partial charge in [-0.2, -0.15) is 0 Å². The van der Waals surface area contributed by atoms with Gasteiger partial charge in [0.05, 0.1) is 13.2 Å². The predicted octanol–water partition coefficient (Wildman–Crippen LogP) is 0.155. The maximum atomic E-state index is 12.5. The van der Waals surface area contributed by atoms with Gasteiger partial charge in [0.1, 0.15) is 11.9 Å². The Bertz CT molecular complexity index is 724. The van der Waals surface area contributed by atoms with Crippen molar-refractivity contribution in [2.24, 2.45) is 4.99 Å². The Morgan fingerprint density at radius 1 is 1.21 bits per heavy atom. The number of urea groups is 1. The van der Waals surface area contributed by atoms with Crippen molar-refractivity contribution in [3.63, 3.8) is 0 Å². The summed E-state index contributed by atoms with van der Waals surface area (Å²) < 4.78 is 5.76. The zero-order valence-corrected chi connectivity index (χ0v) is 16.6. The number of nitrogens with zero attached hydrogens (tertiary/aromatic N) is 4. The van der Waals surface area contributed by atoms with Gasteiger partial charge in [0.2, 0.25) is 0 Å². The molecule has 2 saturated heterocycles. The molecule has 2 aliphatic heterocycles. The number of benzene rings is 1. The molecular weight excluding hydrogens is 360 g/mol. The number of guanidine groups is 1. The molecular formula is C19H28N6O3. The fourth-order valence-electron chi connectivity index (χ4n) is 3.26. The lowest BCUT2D eigenvalue weighted by molar-refractivity contribution is -0.127. The summed E-state index contributed by atoms with van der Waals surface area (Å²) in [6.45, 7) is 2.52. The number of carbonyl (C=O) groups is 2. The molecule has 0 saturated carbocycles. The van der Waals surface area contributed by atoms with Gasteiger partial charge in [0, 0.05) is 20.1 Å². The third kappa shape index (κ3) is 4.53. The molecule has 28 heavy (non-hydrogen) atoms. The Labute approximate surface area is 165 Å². The highest BCUT2D eigenvalue weighted by atomic mass is 16.5. The van der Waals surface area contributed by atoms with Crippen molar-refractivity contribution >= 4 is 17.9 Å². The van der Waals surface area contributed by atoms with E-state index in [0.29, 0.717) is 25.7 Å². The standard InChI is InChI=1S/C19H28N6O3/c1-23(2)12-10-20-18-21-16-15(17(26)22-19(27)24(16)3)25(18)11-7-13-28-14-8-5-4-6-9-14/h4-6,8-9,15-16H,7,10-13H2,1-3H3,(H,20,21)(H,22,26,27). The third-order valence-corrected chi connectivity index (χ3v) is 4.78. The van der Waals surface area contributed by atoms with E-state index in [9.17, 15) is 9.59 Å². The first-order valence-corrected chi connectivity index (χ1v) is 9.45. The third-order valence-electron chi connectivity index (χ3n) is 4.78. The molecule has 1 aromatic rings. The van der Waals surface area contributed by atoms with Gasteiger partial charge in [0.25, 0.3) is 5.91 Å². The molecule has 2 aliphatic rings. The monoisotopic (exact) mass is 388 g/mol. The molecule has 0 aliphatic carbocycles. The van der Waals surface area contributed by atoms with Gasteiger partial charge in [-0.1, -0.05) is 18.2 Å². The van der Waals surface area contributed by atoms with E-state index >= 15 is 0 Å². The molecule has 9 nitrogen and oxygen atoms in total. The summed E-state index contributed by atoms with van der Waals surface area (Å²) in [5.74, 6) is 1.16. The van der Waals surface area contributed by atoms with E-state index in [1.165, 1.54) is 4.90 Å². The van der Waals surface area contributed by atoms with Crippen molar-refractivity contribution in [1.29, 1.82) is 0 Å². The predicted molar refractivity (Wildman–Crippen MR) is 106 cm³/mol. The Kier molecular flexibility index (Phi) is 6.35. The number of nitrogens with one attached hydrogen (secondary N) is 2. The van der Waals surface area contributed by atoms with Gasteiger partial charge >= 0.3 is 6.03 Å². The second kappa shape index (κ2) is 8.92. The molecule has 2 fully saturated rings. The number of carbonyl (C=O) groups excluding carboxylic acids is 2. The molecule has 2 N–H and O–H groups in total. The Morgan fingerprint density at radius 2 is 1.96 bits per heavy atom. The van der Waals surface area contributed by atoms with Crippen LogP contribution in [0, 0.1) is 0 Å². The maximum Gasteiger partial charge on any atom is 0.325 e. The number of hydrogen-bond donors (Lipinski definition) is 2. The average molecular weight is 388 g/mol. The first-order valence-electron chi connectivity index (χ1n) is 9.45. The van der Waals surface area contributed by atoms with E-state index in [2.05, 4.69) is 15.6 Å². The zero-order chi connectivity index (χ0) is 20.1.